The first-order chi connectivity index (χ1) is 20.7. The standard InChI is InChI=1S/C34H36FN3O4S/c1-3-21-36-34(40)32(23-27-12-6-4-7-13-27)37(24-28-14-10-11-26(2)22-28)33(39)25-38(30-15-8-5-9-16-30)43(41,42)31-19-17-29(35)18-20-31/h4-20,22,32H,3,21,23-25H2,1-2H3,(H,36,40)/t32-/m0/s1. The van der Waals surface area contributed by atoms with E-state index in [0.29, 0.717) is 13.0 Å². The lowest BCUT2D eigenvalue weighted by atomic mass is 10.0. The molecule has 0 heterocycles. The average Bonchev–Trinajstić information content (AvgIpc) is 3.01. The van der Waals surface area contributed by atoms with Crippen LogP contribution >= 0.6 is 0 Å². The summed E-state index contributed by atoms with van der Waals surface area (Å²) in [5.74, 6) is -1.45. The summed E-state index contributed by atoms with van der Waals surface area (Å²) in [6.45, 7) is 3.85. The number of carbonyl (C=O) groups excluding carboxylic acids is 2. The van der Waals surface area contributed by atoms with E-state index in [9.17, 15) is 22.4 Å². The molecule has 0 saturated carbocycles. The summed E-state index contributed by atoms with van der Waals surface area (Å²) in [5, 5.41) is 2.93. The molecule has 0 unspecified atom stereocenters. The van der Waals surface area contributed by atoms with E-state index in [1.807, 2.05) is 68.4 Å². The van der Waals surface area contributed by atoms with E-state index in [4.69, 9.17) is 0 Å². The number of aryl methyl sites for hydroxylation is 1. The Morgan fingerprint density at radius 1 is 0.837 bits per heavy atom. The minimum atomic E-state index is -4.28. The number of sulfonamides is 1. The Hall–Kier alpha value is -4.50. The van der Waals surface area contributed by atoms with E-state index < -0.39 is 34.3 Å². The summed E-state index contributed by atoms with van der Waals surface area (Å²) < 4.78 is 42.5. The van der Waals surface area contributed by atoms with Gasteiger partial charge in [0, 0.05) is 19.5 Å². The highest BCUT2D eigenvalue weighted by Crippen LogP contribution is 2.25. The number of para-hydroxylation sites is 1. The zero-order valence-corrected chi connectivity index (χ0v) is 25.1. The molecule has 9 heteroatoms. The molecule has 2 amide bonds. The summed E-state index contributed by atoms with van der Waals surface area (Å²) in [6.07, 6.45) is 0.956. The first-order valence-corrected chi connectivity index (χ1v) is 15.6. The minimum absolute atomic E-state index is 0.0940. The number of rotatable bonds is 13. The van der Waals surface area contributed by atoms with Crippen molar-refractivity contribution in [1.29, 1.82) is 0 Å². The number of hydrogen-bond donors (Lipinski definition) is 1. The number of amides is 2. The third kappa shape index (κ3) is 8.29. The minimum Gasteiger partial charge on any atom is -0.354 e. The van der Waals surface area contributed by atoms with Crippen molar-refractivity contribution >= 4 is 27.5 Å². The largest absolute Gasteiger partial charge is 0.354 e. The molecule has 0 aromatic heterocycles. The highest BCUT2D eigenvalue weighted by Gasteiger charge is 2.34. The van der Waals surface area contributed by atoms with E-state index >= 15 is 0 Å². The summed E-state index contributed by atoms with van der Waals surface area (Å²) >= 11 is 0. The quantitative estimate of drug-likeness (QED) is 0.219. The molecule has 0 fully saturated rings. The zero-order valence-electron chi connectivity index (χ0n) is 24.3. The van der Waals surface area contributed by atoms with E-state index in [0.717, 1.165) is 33.1 Å². The van der Waals surface area contributed by atoms with Crippen LogP contribution in [0.15, 0.2) is 114 Å². The van der Waals surface area contributed by atoms with Crippen molar-refractivity contribution in [3.63, 3.8) is 0 Å². The van der Waals surface area contributed by atoms with Gasteiger partial charge in [-0.15, -0.1) is 0 Å². The van der Waals surface area contributed by atoms with E-state index in [1.165, 1.54) is 17.0 Å². The molecule has 1 N–H and O–H groups in total. The van der Waals surface area contributed by atoms with Gasteiger partial charge in [-0.2, -0.15) is 0 Å². The maximum absolute atomic E-state index is 14.3. The highest BCUT2D eigenvalue weighted by atomic mass is 32.2. The number of benzene rings is 4. The van der Waals surface area contributed by atoms with Gasteiger partial charge in [0.15, 0.2) is 0 Å². The third-order valence-electron chi connectivity index (χ3n) is 6.98. The molecule has 4 aromatic rings. The first kappa shape index (κ1) is 31.4. The maximum atomic E-state index is 14.3. The van der Waals surface area contributed by atoms with Crippen LogP contribution in [0, 0.1) is 12.7 Å². The lowest BCUT2D eigenvalue weighted by Gasteiger charge is -2.34. The van der Waals surface area contributed by atoms with Gasteiger partial charge in [-0.25, -0.2) is 12.8 Å². The monoisotopic (exact) mass is 601 g/mol. The fraction of sp³-hybridized carbons (Fsp3) is 0.235. The van der Waals surface area contributed by atoms with Crippen LogP contribution < -0.4 is 9.62 Å². The predicted molar refractivity (Wildman–Crippen MR) is 166 cm³/mol. The van der Waals surface area contributed by atoms with E-state index in [1.54, 1.807) is 30.3 Å². The van der Waals surface area contributed by atoms with Gasteiger partial charge in [0.05, 0.1) is 10.6 Å². The summed E-state index contributed by atoms with van der Waals surface area (Å²) in [7, 11) is -4.28. The molecular weight excluding hydrogens is 565 g/mol. The Balaban J connectivity index is 1.78. The van der Waals surface area contributed by atoms with Crippen molar-refractivity contribution in [3.8, 4) is 0 Å². The van der Waals surface area contributed by atoms with Crippen LogP contribution in [-0.2, 0) is 32.6 Å². The lowest BCUT2D eigenvalue weighted by Crippen LogP contribution is -2.53. The molecule has 0 aliphatic rings. The van der Waals surface area contributed by atoms with Crippen molar-refractivity contribution in [2.45, 2.75) is 44.2 Å². The summed E-state index contributed by atoms with van der Waals surface area (Å²) in [5.41, 5.74) is 2.93. The van der Waals surface area contributed by atoms with Crippen molar-refractivity contribution in [1.82, 2.24) is 10.2 Å². The van der Waals surface area contributed by atoms with Gasteiger partial charge in [0.25, 0.3) is 10.0 Å². The Morgan fingerprint density at radius 3 is 2.09 bits per heavy atom. The molecule has 224 valence electrons. The summed E-state index contributed by atoms with van der Waals surface area (Å²) in [4.78, 5) is 29.3. The van der Waals surface area contributed by atoms with Gasteiger partial charge in [0.1, 0.15) is 18.4 Å². The molecule has 1 atom stereocenters. The number of carbonyl (C=O) groups is 2. The Morgan fingerprint density at radius 2 is 1.47 bits per heavy atom. The molecule has 0 bridgehead atoms. The fourth-order valence-electron chi connectivity index (χ4n) is 4.78. The van der Waals surface area contributed by atoms with Gasteiger partial charge in [0.2, 0.25) is 11.8 Å². The summed E-state index contributed by atoms with van der Waals surface area (Å²) in [6, 6.07) is 28.9. The van der Waals surface area contributed by atoms with E-state index in [-0.39, 0.29) is 29.5 Å². The second-order valence-electron chi connectivity index (χ2n) is 10.3. The van der Waals surface area contributed by atoms with Crippen LogP contribution in [0.1, 0.15) is 30.0 Å². The first-order valence-electron chi connectivity index (χ1n) is 14.2. The van der Waals surface area contributed by atoms with E-state index in [2.05, 4.69) is 5.32 Å². The number of hydrogen-bond acceptors (Lipinski definition) is 4. The second-order valence-corrected chi connectivity index (χ2v) is 12.2. The Kier molecular flexibility index (Phi) is 10.7. The van der Waals surface area contributed by atoms with Crippen LogP contribution in [-0.4, -0.2) is 44.3 Å². The van der Waals surface area contributed by atoms with Crippen LogP contribution in [0.5, 0.6) is 0 Å². The Labute approximate surface area is 253 Å². The normalized spacial score (nSPS) is 11.9. The molecular formula is C34H36FN3O4S. The van der Waals surface area contributed by atoms with Gasteiger partial charge in [-0.3, -0.25) is 13.9 Å². The van der Waals surface area contributed by atoms with Crippen LogP contribution in [0.2, 0.25) is 0 Å². The smallest absolute Gasteiger partial charge is 0.264 e. The maximum Gasteiger partial charge on any atom is 0.264 e. The van der Waals surface area contributed by atoms with Gasteiger partial charge in [-0.1, -0.05) is 85.3 Å². The molecule has 0 aliphatic heterocycles. The van der Waals surface area contributed by atoms with Crippen molar-refractivity contribution in [3.05, 3.63) is 132 Å². The SMILES string of the molecule is CCCNC(=O)[C@H](Cc1ccccc1)N(Cc1cccc(C)c1)C(=O)CN(c1ccccc1)S(=O)(=O)c1ccc(F)cc1. The molecule has 0 aliphatic carbocycles. The number of halogens is 1. The van der Waals surface area contributed by atoms with Gasteiger partial charge in [-0.05, 0) is 60.9 Å². The molecule has 7 nitrogen and oxygen atoms in total. The average molecular weight is 602 g/mol. The molecule has 0 saturated heterocycles. The second kappa shape index (κ2) is 14.6. The van der Waals surface area contributed by atoms with Gasteiger partial charge < -0.3 is 10.2 Å². The van der Waals surface area contributed by atoms with Crippen molar-refractivity contribution < 1.29 is 22.4 Å². The highest BCUT2D eigenvalue weighted by molar-refractivity contribution is 7.92. The molecule has 0 radical (unpaired) electrons. The van der Waals surface area contributed by atoms with Gasteiger partial charge >= 0.3 is 0 Å². The lowest BCUT2D eigenvalue weighted by molar-refractivity contribution is -0.140. The van der Waals surface area contributed by atoms with Crippen LogP contribution in [0.25, 0.3) is 0 Å². The number of nitrogens with zero attached hydrogens (tertiary/aromatic N) is 2. The van der Waals surface area contributed by atoms with Crippen LogP contribution in [0.3, 0.4) is 0 Å². The zero-order chi connectivity index (χ0) is 30.8. The van der Waals surface area contributed by atoms with Crippen LogP contribution in [0.4, 0.5) is 10.1 Å². The van der Waals surface area contributed by atoms with Crippen molar-refractivity contribution in [2.24, 2.45) is 0 Å². The topological polar surface area (TPSA) is 86.8 Å². The third-order valence-corrected chi connectivity index (χ3v) is 8.77. The molecule has 0 spiro atoms. The Bertz CT molecular complexity index is 1610. The molecule has 4 aromatic carbocycles. The molecule has 4 rings (SSSR count). The molecule has 43 heavy (non-hydrogen) atoms. The number of anilines is 1. The predicted octanol–water partition coefficient (Wildman–Crippen LogP) is 5.50. The number of nitrogens with one attached hydrogen (secondary N) is 1. The fourth-order valence-corrected chi connectivity index (χ4v) is 6.20. The van der Waals surface area contributed by atoms with Crippen molar-refractivity contribution in [2.75, 3.05) is 17.4 Å².